The number of hydrogen-bond donors (Lipinski definition) is 1. The number of nitrogens with one attached hydrogen (secondary N) is 1. The maximum Gasteiger partial charge on any atom is 0.262 e. The van der Waals surface area contributed by atoms with E-state index in [1.54, 1.807) is 13.2 Å². The van der Waals surface area contributed by atoms with Gasteiger partial charge in [-0.15, -0.1) is 11.3 Å². The smallest absolute Gasteiger partial charge is 0.262 e. The lowest BCUT2D eigenvalue weighted by Gasteiger charge is -2.17. The van der Waals surface area contributed by atoms with E-state index in [0.717, 1.165) is 11.3 Å². The van der Waals surface area contributed by atoms with Crippen LogP contribution in [0.3, 0.4) is 0 Å². The third kappa shape index (κ3) is 3.88. The standard InChI is InChI=1S/C18H19N3O3S/c1-11(2)15(19-17(22)14-8-5-9-25-14)18-20-16(21-24-18)12-6-4-7-13(10-12)23-3/h4-11,15H,1-3H3,(H,19,22)/t15-/m1/s1. The summed E-state index contributed by atoms with van der Waals surface area (Å²) >= 11 is 1.39. The largest absolute Gasteiger partial charge is 0.497 e. The van der Waals surface area contributed by atoms with E-state index in [1.807, 2.05) is 49.6 Å². The predicted molar refractivity (Wildman–Crippen MR) is 95.7 cm³/mol. The van der Waals surface area contributed by atoms with E-state index in [1.165, 1.54) is 11.3 Å². The Morgan fingerprint density at radius 1 is 1.28 bits per heavy atom. The number of thiophene rings is 1. The van der Waals surface area contributed by atoms with Gasteiger partial charge in [0.15, 0.2) is 0 Å². The first-order valence-electron chi connectivity index (χ1n) is 7.91. The maximum absolute atomic E-state index is 12.3. The van der Waals surface area contributed by atoms with Crippen molar-refractivity contribution in [1.29, 1.82) is 0 Å². The summed E-state index contributed by atoms with van der Waals surface area (Å²) in [5, 5.41) is 8.89. The molecule has 2 aromatic heterocycles. The van der Waals surface area contributed by atoms with Gasteiger partial charge in [0.05, 0.1) is 12.0 Å². The Kier molecular flexibility index (Phi) is 5.14. The van der Waals surface area contributed by atoms with Gasteiger partial charge >= 0.3 is 0 Å². The van der Waals surface area contributed by atoms with E-state index < -0.39 is 0 Å². The number of carbonyl (C=O) groups excluding carboxylic acids is 1. The lowest BCUT2D eigenvalue weighted by atomic mass is 10.0. The van der Waals surface area contributed by atoms with Gasteiger partial charge in [-0.05, 0) is 29.5 Å². The zero-order valence-electron chi connectivity index (χ0n) is 14.2. The van der Waals surface area contributed by atoms with E-state index in [-0.39, 0.29) is 17.9 Å². The average molecular weight is 357 g/mol. The minimum Gasteiger partial charge on any atom is -0.497 e. The van der Waals surface area contributed by atoms with Gasteiger partial charge in [0.2, 0.25) is 11.7 Å². The first-order valence-corrected chi connectivity index (χ1v) is 8.79. The Hall–Kier alpha value is -2.67. The highest BCUT2D eigenvalue weighted by Crippen LogP contribution is 2.26. The number of hydrogen-bond acceptors (Lipinski definition) is 6. The number of nitrogens with zero attached hydrogens (tertiary/aromatic N) is 2. The summed E-state index contributed by atoms with van der Waals surface area (Å²) in [5.41, 5.74) is 0.793. The van der Waals surface area contributed by atoms with E-state index in [2.05, 4.69) is 15.5 Å². The van der Waals surface area contributed by atoms with Gasteiger partial charge in [-0.1, -0.05) is 37.2 Å². The minimum atomic E-state index is -0.360. The second-order valence-corrected chi connectivity index (χ2v) is 6.81. The number of carbonyl (C=O) groups is 1. The molecule has 3 aromatic rings. The van der Waals surface area contributed by atoms with Gasteiger partial charge in [0.1, 0.15) is 11.8 Å². The second-order valence-electron chi connectivity index (χ2n) is 5.86. The molecular formula is C18H19N3O3S. The SMILES string of the molecule is COc1cccc(-c2noc([C@H](NC(=O)c3cccs3)C(C)C)n2)c1. The molecule has 6 nitrogen and oxygen atoms in total. The first-order chi connectivity index (χ1) is 12.1. The highest BCUT2D eigenvalue weighted by Gasteiger charge is 2.25. The highest BCUT2D eigenvalue weighted by atomic mass is 32.1. The normalized spacial score (nSPS) is 12.2. The molecule has 3 rings (SSSR count). The van der Waals surface area contributed by atoms with Crippen molar-refractivity contribution in [3.8, 4) is 17.1 Å². The number of ether oxygens (including phenoxy) is 1. The number of methoxy groups -OCH3 is 1. The van der Waals surface area contributed by atoms with Crippen LogP contribution in [0.25, 0.3) is 11.4 Å². The lowest BCUT2D eigenvalue weighted by molar-refractivity contribution is 0.0918. The topological polar surface area (TPSA) is 77.3 Å². The number of aromatic nitrogens is 2. The fourth-order valence-corrected chi connectivity index (χ4v) is 3.00. The Morgan fingerprint density at radius 3 is 2.80 bits per heavy atom. The van der Waals surface area contributed by atoms with Gasteiger partial charge < -0.3 is 14.6 Å². The number of rotatable bonds is 6. The highest BCUT2D eigenvalue weighted by molar-refractivity contribution is 7.12. The van der Waals surface area contributed by atoms with Crippen molar-refractivity contribution in [1.82, 2.24) is 15.5 Å². The molecule has 0 bridgehead atoms. The summed E-state index contributed by atoms with van der Waals surface area (Å²) in [6, 6.07) is 10.7. The predicted octanol–water partition coefficient (Wildman–Crippen LogP) is 3.93. The van der Waals surface area contributed by atoms with Crippen molar-refractivity contribution >= 4 is 17.2 Å². The summed E-state index contributed by atoms with van der Waals surface area (Å²) in [6.07, 6.45) is 0. The third-order valence-corrected chi connectivity index (χ3v) is 4.60. The Morgan fingerprint density at radius 2 is 2.12 bits per heavy atom. The van der Waals surface area contributed by atoms with Crippen LogP contribution in [0, 0.1) is 5.92 Å². The molecule has 1 aromatic carbocycles. The van der Waals surface area contributed by atoms with E-state index >= 15 is 0 Å². The summed E-state index contributed by atoms with van der Waals surface area (Å²) < 4.78 is 10.6. The quantitative estimate of drug-likeness (QED) is 0.723. The number of amides is 1. The van der Waals surface area contributed by atoms with E-state index in [0.29, 0.717) is 16.6 Å². The van der Waals surface area contributed by atoms with Crippen LogP contribution in [0.1, 0.15) is 35.5 Å². The molecular weight excluding hydrogens is 338 g/mol. The molecule has 0 aliphatic rings. The Bertz CT molecular complexity index is 843. The van der Waals surface area contributed by atoms with Crippen LogP contribution in [0.2, 0.25) is 0 Å². The van der Waals surface area contributed by atoms with Crippen LogP contribution in [-0.4, -0.2) is 23.2 Å². The third-order valence-electron chi connectivity index (χ3n) is 3.73. The molecule has 0 spiro atoms. The van der Waals surface area contributed by atoms with Crippen molar-refractivity contribution in [3.63, 3.8) is 0 Å². The minimum absolute atomic E-state index is 0.0996. The van der Waals surface area contributed by atoms with Crippen molar-refractivity contribution < 1.29 is 14.1 Å². The number of benzene rings is 1. The first kappa shape index (κ1) is 17.2. The summed E-state index contributed by atoms with van der Waals surface area (Å²) in [6.45, 7) is 3.99. The molecule has 0 aliphatic heterocycles. The van der Waals surface area contributed by atoms with Crippen LogP contribution in [0.5, 0.6) is 5.75 Å². The zero-order chi connectivity index (χ0) is 17.8. The monoisotopic (exact) mass is 357 g/mol. The maximum atomic E-state index is 12.3. The van der Waals surface area contributed by atoms with Crippen LogP contribution in [-0.2, 0) is 0 Å². The van der Waals surface area contributed by atoms with E-state index in [9.17, 15) is 4.79 Å². The molecule has 0 fully saturated rings. The molecule has 130 valence electrons. The van der Waals surface area contributed by atoms with Gasteiger partial charge in [0.25, 0.3) is 5.91 Å². The van der Waals surface area contributed by atoms with Crippen LogP contribution in [0.15, 0.2) is 46.3 Å². The van der Waals surface area contributed by atoms with Crippen molar-refractivity contribution in [3.05, 3.63) is 52.5 Å². The van der Waals surface area contributed by atoms with Gasteiger partial charge in [-0.25, -0.2) is 0 Å². The van der Waals surface area contributed by atoms with Crippen molar-refractivity contribution in [2.75, 3.05) is 7.11 Å². The molecule has 2 heterocycles. The molecule has 7 heteroatoms. The second kappa shape index (κ2) is 7.48. The molecule has 25 heavy (non-hydrogen) atoms. The Labute approximate surface area is 149 Å². The fourth-order valence-electron chi connectivity index (χ4n) is 2.37. The van der Waals surface area contributed by atoms with Crippen LogP contribution in [0.4, 0.5) is 0 Å². The van der Waals surface area contributed by atoms with Gasteiger partial charge in [-0.2, -0.15) is 4.98 Å². The fraction of sp³-hybridized carbons (Fsp3) is 0.278. The summed E-state index contributed by atoms with van der Waals surface area (Å²) in [4.78, 5) is 17.5. The van der Waals surface area contributed by atoms with Gasteiger partial charge in [0, 0.05) is 5.56 Å². The molecule has 0 unspecified atom stereocenters. The Balaban J connectivity index is 1.83. The molecule has 0 radical (unpaired) electrons. The molecule has 0 aliphatic carbocycles. The van der Waals surface area contributed by atoms with Gasteiger partial charge in [-0.3, -0.25) is 4.79 Å². The molecule has 0 saturated carbocycles. The van der Waals surface area contributed by atoms with Crippen LogP contribution >= 0.6 is 11.3 Å². The van der Waals surface area contributed by atoms with E-state index in [4.69, 9.17) is 9.26 Å². The van der Waals surface area contributed by atoms with Crippen LogP contribution < -0.4 is 10.1 Å². The summed E-state index contributed by atoms with van der Waals surface area (Å²) in [5.74, 6) is 1.52. The molecule has 1 N–H and O–H groups in total. The van der Waals surface area contributed by atoms with Crippen molar-refractivity contribution in [2.24, 2.45) is 5.92 Å². The van der Waals surface area contributed by atoms with Crippen molar-refractivity contribution in [2.45, 2.75) is 19.9 Å². The zero-order valence-corrected chi connectivity index (χ0v) is 15.0. The lowest BCUT2D eigenvalue weighted by Crippen LogP contribution is -2.31. The molecule has 1 amide bonds. The molecule has 1 atom stereocenters. The molecule has 0 saturated heterocycles. The summed E-state index contributed by atoms with van der Waals surface area (Å²) in [7, 11) is 1.61. The average Bonchev–Trinajstić information content (AvgIpc) is 3.31.